The number of nitrogens with two attached hydrogens (primary N) is 1. The largest absolute Gasteiger partial charge is 0.338 e. The summed E-state index contributed by atoms with van der Waals surface area (Å²) in [4.78, 5) is 16.9. The smallest absolute Gasteiger partial charge is 0.264 e. The molecular formula is C21H26N4OS. The van der Waals surface area contributed by atoms with E-state index in [9.17, 15) is 4.79 Å². The van der Waals surface area contributed by atoms with Gasteiger partial charge in [0.1, 0.15) is 4.83 Å². The second-order valence-corrected chi connectivity index (χ2v) is 8.58. The van der Waals surface area contributed by atoms with Crippen molar-refractivity contribution in [1.82, 2.24) is 14.7 Å². The molecule has 2 aromatic heterocycles. The van der Waals surface area contributed by atoms with Crippen LogP contribution < -0.4 is 5.73 Å². The van der Waals surface area contributed by atoms with Crippen LogP contribution in [0.1, 0.15) is 40.7 Å². The molecule has 0 aliphatic carbocycles. The number of fused-ring (bicyclic) bond motifs is 1. The molecule has 0 bridgehead atoms. The van der Waals surface area contributed by atoms with E-state index in [2.05, 4.69) is 24.2 Å². The molecule has 1 amide bonds. The minimum Gasteiger partial charge on any atom is -0.338 e. The fourth-order valence-corrected chi connectivity index (χ4v) is 4.99. The van der Waals surface area contributed by atoms with Gasteiger partial charge in [-0.2, -0.15) is 5.10 Å². The molecule has 0 radical (unpaired) electrons. The summed E-state index contributed by atoms with van der Waals surface area (Å²) >= 11 is 1.56. The van der Waals surface area contributed by atoms with Gasteiger partial charge in [0.05, 0.1) is 17.1 Å². The Kier molecular flexibility index (Phi) is 5.02. The summed E-state index contributed by atoms with van der Waals surface area (Å²) in [5.74, 6) is 0.670. The number of amides is 1. The highest BCUT2D eigenvalue weighted by Crippen LogP contribution is 2.31. The maximum Gasteiger partial charge on any atom is 0.264 e. The zero-order valence-electron chi connectivity index (χ0n) is 15.9. The third-order valence-corrected chi connectivity index (χ3v) is 6.70. The maximum atomic E-state index is 13.0. The second-order valence-electron chi connectivity index (χ2n) is 7.55. The molecule has 1 aliphatic heterocycles. The number of carbonyl (C=O) groups is 1. The first kappa shape index (κ1) is 18.2. The van der Waals surface area contributed by atoms with Crippen LogP contribution in [0.2, 0.25) is 0 Å². The monoisotopic (exact) mass is 382 g/mol. The maximum absolute atomic E-state index is 13.0. The van der Waals surface area contributed by atoms with Crippen molar-refractivity contribution in [2.24, 2.45) is 11.7 Å². The van der Waals surface area contributed by atoms with Crippen molar-refractivity contribution < 1.29 is 4.79 Å². The third kappa shape index (κ3) is 3.64. The summed E-state index contributed by atoms with van der Waals surface area (Å²) in [7, 11) is 0. The molecule has 0 spiro atoms. The lowest BCUT2D eigenvalue weighted by Gasteiger charge is -2.33. The van der Waals surface area contributed by atoms with Crippen LogP contribution in [0, 0.1) is 12.8 Å². The van der Waals surface area contributed by atoms with Gasteiger partial charge < -0.3 is 10.6 Å². The van der Waals surface area contributed by atoms with Crippen LogP contribution in [-0.2, 0) is 6.54 Å². The first-order valence-electron chi connectivity index (χ1n) is 9.58. The van der Waals surface area contributed by atoms with Crippen molar-refractivity contribution >= 4 is 27.5 Å². The minimum atomic E-state index is 0.144. The summed E-state index contributed by atoms with van der Waals surface area (Å²) in [6.45, 7) is 6.40. The molecule has 2 N–H and O–H groups in total. The van der Waals surface area contributed by atoms with Crippen LogP contribution in [0.5, 0.6) is 0 Å². The van der Waals surface area contributed by atoms with Crippen LogP contribution in [0.4, 0.5) is 0 Å². The lowest BCUT2D eigenvalue weighted by Crippen LogP contribution is -2.42. The predicted octanol–water partition coefficient (Wildman–Crippen LogP) is 3.65. The average molecular weight is 383 g/mol. The Hall–Kier alpha value is -2.18. The van der Waals surface area contributed by atoms with Gasteiger partial charge in [-0.15, -0.1) is 11.3 Å². The number of hydrogen-bond donors (Lipinski definition) is 1. The molecule has 0 saturated carbocycles. The highest BCUT2D eigenvalue weighted by Gasteiger charge is 2.27. The van der Waals surface area contributed by atoms with Crippen molar-refractivity contribution in [3.63, 3.8) is 0 Å². The summed E-state index contributed by atoms with van der Waals surface area (Å²) in [6.07, 6.45) is 1.99. The molecule has 27 heavy (non-hydrogen) atoms. The average Bonchev–Trinajstić information content (AvgIpc) is 3.24. The van der Waals surface area contributed by atoms with E-state index < -0.39 is 0 Å². The number of piperidine rings is 1. The van der Waals surface area contributed by atoms with Gasteiger partial charge in [-0.05, 0) is 44.2 Å². The lowest BCUT2D eigenvalue weighted by molar-refractivity contribution is 0.0686. The van der Waals surface area contributed by atoms with E-state index in [0.29, 0.717) is 5.92 Å². The first-order chi connectivity index (χ1) is 13.0. The lowest BCUT2D eigenvalue weighted by atomic mass is 9.91. The van der Waals surface area contributed by atoms with E-state index in [-0.39, 0.29) is 11.9 Å². The normalized spacial score (nSPS) is 16.8. The van der Waals surface area contributed by atoms with Crippen molar-refractivity contribution in [2.75, 3.05) is 13.1 Å². The summed E-state index contributed by atoms with van der Waals surface area (Å²) < 4.78 is 2.02. The fourth-order valence-electron chi connectivity index (χ4n) is 3.87. The van der Waals surface area contributed by atoms with E-state index in [1.54, 1.807) is 11.3 Å². The number of hydrogen-bond acceptors (Lipinski definition) is 4. The number of aromatic nitrogens is 2. The number of rotatable bonds is 4. The number of benzene rings is 1. The van der Waals surface area contributed by atoms with Crippen LogP contribution in [0.25, 0.3) is 10.2 Å². The van der Waals surface area contributed by atoms with Crippen molar-refractivity contribution in [3.8, 4) is 0 Å². The Morgan fingerprint density at radius 3 is 2.67 bits per heavy atom. The zero-order chi connectivity index (χ0) is 19.0. The van der Waals surface area contributed by atoms with Crippen molar-refractivity contribution in [2.45, 2.75) is 39.3 Å². The molecule has 1 saturated heterocycles. The minimum absolute atomic E-state index is 0.144. The number of likely N-dealkylation sites (tertiary alicyclic amines) is 1. The first-order valence-corrected chi connectivity index (χ1v) is 10.4. The molecule has 1 atom stereocenters. The van der Waals surface area contributed by atoms with Gasteiger partial charge in [0.25, 0.3) is 5.91 Å². The topological polar surface area (TPSA) is 64.2 Å². The quantitative estimate of drug-likeness (QED) is 0.749. The van der Waals surface area contributed by atoms with E-state index in [0.717, 1.165) is 53.3 Å². The molecule has 3 heterocycles. The number of nitrogens with zero attached hydrogens (tertiary/aromatic N) is 3. The predicted molar refractivity (Wildman–Crippen MR) is 110 cm³/mol. The second kappa shape index (κ2) is 7.44. The molecule has 6 heteroatoms. The summed E-state index contributed by atoms with van der Waals surface area (Å²) in [5.41, 5.74) is 8.21. The number of thiophene rings is 1. The van der Waals surface area contributed by atoms with Crippen molar-refractivity contribution in [1.29, 1.82) is 0 Å². The highest BCUT2D eigenvalue weighted by molar-refractivity contribution is 7.20. The van der Waals surface area contributed by atoms with E-state index in [1.807, 2.05) is 40.8 Å². The summed E-state index contributed by atoms with van der Waals surface area (Å²) in [6, 6.07) is 12.5. The Morgan fingerprint density at radius 2 is 2.00 bits per heavy atom. The Bertz CT molecular complexity index is 936. The zero-order valence-corrected chi connectivity index (χ0v) is 16.7. The molecule has 1 aromatic carbocycles. The molecule has 3 aromatic rings. The van der Waals surface area contributed by atoms with Gasteiger partial charge in [0, 0.05) is 24.5 Å². The van der Waals surface area contributed by atoms with Gasteiger partial charge in [0.2, 0.25) is 0 Å². The molecule has 1 aliphatic rings. The molecular weight excluding hydrogens is 356 g/mol. The van der Waals surface area contributed by atoms with Crippen LogP contribution >= 0.6 is 11.3 Å². The van der Waals surface area contributed by atoms with Crippen molar-refractivity contribution in [3.05, 3.63) is 52.5 Å². The van der Waals surface area contributed by atoms with Gasteiger partial charge in [0.15, 0.2) is 0 Å². The van der Waals surface area contributed by atoms with Gasteiger partial charge >= 0.3 is 0 Å². The fraction of sp³-hybridized carbons (Fsp3) is 0.429. The van der Waals surface area contributed by atoms with E-state index in [1.165, 1.54) is 5.56 Å². The Balaban J connectivity index is 1.55. The van der Waals surface area contributed by atoms with Crippen LogP contribution in [0.3, 0.4) is 0 Å². The molecule has 4 rings (SSSR count). The van der Waals surface area contributed by atoms with Gasteiger partial charge in [-0.3, -0.25) is 9.48 Å². The van der Waals surface area contributed by atoms with E-state index >= 15 is 0 Å². The summed E-state index contributed by atoms with van der Waals surface area (Å²) in [5, 5.41) is 5.76. The Morgan fingerprint density at radius 1 is 1.30 bits per heavy atom. The molecule has 5 nitrogen and oxygen atoms in total. The highest BCUT2D eigenvalue weighted by atomic mass is 32.1. The standard InChI is InChI=1S/C21H26N4OS/c1-14(22)17-8-10-24(11-9-17)20(26)19-12-18-15(2)23-25(21(18)27-19)13-16-6-4-3-5-7-16/h3-7,12,14,17H,8-11,13,22H2,1-2H3. The van der Waals surface area contributed by atoms with Crippen LogP contribution in [-0.4, -0.2) is 39.7 Å². The molecule has 1 fully saturated rings. The van der Waals surface area contributed by atoms with E-state index in [4.69, 9.17) is 5.73 Å². The van der Waals surface area contributed by atoms with Gasteiger partial charge in [-0.25, -0.2) is 0 Å². The molecule has 142 valence electrons. The third-order valence-electron chi connectivity index (χ3n) is 5.56. The SMILES string of the molecule is Cc1nn(Cc2ccccc2)c2sc(C(=O)N3CCC(C(C)N)CC3)cc12. The molecule has 1 unspecified atom stereocenters. The van der Waals surface area contributed by atoms with Gasteiger partial charge in [-0.1, -0.05) is 30.3 Å². The Labute approximate surface area is 163 Å². The van der Waals surface area contributed by atoms with Crippen LogP contribution in [0.15, 0.2) is 36.4 Å². The number of carbonyl (C=O) groups excluding carboxylic acids is 1. The number of aryl methyl sites for hydroxylation is 1.